The molecule has 11 heavy (non-hydrogen) atoms. The van der Waals surface area contributed by atoms with Gasteiger partial charge in [0.05, 0.1) is 7.45 Å². The second-order valence-corrected chi connectivity index (χ2v) is 2.64. The van der Waals surface area contributed by atoms with Crippen LogP contribution in [0.15, 0.2) is 30.3 Å². The molecule has 1 aromatic rings. The van der Waals surface area contributed by atoms with Crippen molar-refractivity contribution in [2.45, 2.75) is 12.5 Å². The molecular formula is C10H10O. The van der Waals surface area contributed by atoms with Gasteiger partial charge >= 0.3 is 0 Å². The summed E-state index contributed by atoms with van der Waals surface area (Å²) in [5.41, 5.74) is 1.65. The van der Waals surface area contributed by atoms with Crippen molar-refractivity contribution in [3.63, 3.8) is 0 Å². The Balaban J connectivity index is 2.60. The van der Waals surface area contributed by atoms with Crippen LogP contribution in [0.25, 0.3) is 6.08 Å². The third-order valence-electron chi connectivity index (χ3n) is 1.88. The van der Waals surface area contributed by atoms with Gasteiger partial charge in [-0.1, -0.05) is 36.4 Å². The van der Waals surface area contributed by atoms with Gasteiger partial charge in [-0.05, 0) is 17.5 Å². The van der Waals surface area contributed by atoms with Crippen molar-refractivity contribution in [1.82, 2.24) is 0 Å². The van der Waals surface area contributed by atoms with Gasteiger partial charge in [-0.3, -0.25) is 0 Å². The maximum absolute atomic E-state index is 9.64. The largest absolute Gasteiger partial charge is 0.388 e. The van der Waals surface area contributed by atoms with Gasteiger partial charge in [-0.25, -0.2) is 0 Å². The Morgan fingerprint density at radius 3 is 3.09 bits per heavy atom. The topological polar surface area (TPSA) is 20.2 Å². The summed E-state index contributed by atoms with van der Waals surface area (Å²) in [6.07, 6.45) is 2.73. The molecule has 0 unspecified atom stereocenters. The van der Waals surface area contributed by atoms with Crippen LogP contribution in [0.1, 0.15) is 25.0 Å². The molecule has 1 atom stereocenters. The molecule has 0 bridgehead atoms. The summed E-state index contributed by atoms with van der Waals surface area (Å²) >= 11 is 0. The SMILES string of the molecule is [2H][C@@]1(O)CC=Cc2ccccc21. The molecule has 1 aliphatic rings. The Hall–Kier alpha value is -1.08. The Bertz CT molecular complexity index is 328. The van der Waals surface area contributed by atoms with Gasteiger partial charge in [0.2, 0.25) is 0 Å². The fourth-order valence-electron chi connectivity index (χ4n) is 1.31. The molecule has 0 saturated carbocycles. The van der Waals surface area contributed by atoms with Gasteiger partial charge < -0.3 is 5.11 Å². The molecule has 1 aliphatic carbocycles. The number of fused-ring (bicyclic) bond motifs is 1. The molecular weight excluding hydrogens is 136 g/mol. The van der Waals surface area contributed by atoms with Crippen molar-refractivity contribution in [1.29, 1.82) is 0 Å². The summed E-state index contributed by atoms with van der Waals surface area (Å²) in [4.78, 5) is 0. The minimum atomic E-state index is -1.43. The first-order chi connectivity index (χ1) is 5.70. The number of rotatable bonds is 0. The van der Waals surface area contributed by atoms with Crippen LogP contribution in [0, 0.1) is 0 Å². The molecule has 0 aromatic heterocycles. The maximum Gasteiger partial charge on any atom is 0.0830 e. The van der Waals surface area contributed by atoms with E-state index in [9.17, 15) is 5.11 Å². The second kappa shape index (κ2) is 2.51. The van der Waals surface area contributed by atoms with Crippen LogP contribution in [0.2, 0.25) is 0 Å². The first kappa shape index (κ1) is 5.56. The minimum absolute atomic E-state index is 0.379. The van der Waals surface area contributed by atoms with Gasteiger partial charge in [0, 0.05) is 0 Å². The minimum Gasteiger partial charge on any atom is -0.388 e. The zero-order chi connectivity index (χ0) is 8.60. The van der Waals surface area contributed by atoms with E-state index in [2.05, 4.69) is 0 Å². The molecule has 2 rings (SSSR count). The third kappa shape index (κ3) is 1.08. The van der Waals surface area contributed by atoms with Gasteiger partial charge in [0.1, 0.15) is 0 Å². The van der Waals surface area contributed by atoms with Crippen LogP contribution in [-0.4, -0.2) is 5.11 Å². The van der Waals surface area contributed by atoms with Crippen LogP contribution in [0.3, 0.4) is 0 Å². The van der Waals surface area contributed by atoms with E-state index in [4.69, 9.17) is 1.37 Å². The molecule has 1 N–H and O–H groups in total. The van der Waals surface area contributed by atoms with E-state index in [-0.39, 0.29) is 0 Å². The molecule has 0 saturated heterocycles. The van der Waals surface area contributed by atoms with Crippen LogP contribution in [0.4, 0.5) is 0 Å². The summed E-state index contributed by atoms with van der Waals surface area (Å²) in [6, 6.07) is 7.46. The lowest BCUT2D eigenvalue weighted by molar-refractivity contribution is 0.180. The van der Waals surface area contributed by atoms with Gasteiger partial charge in [-0.2, -0.15) is 0 Å². The highest BCUT2D eigenvalue weighted by molar-refractivity contribution is 5.56. The van der Waals surface area contributed by atoms with Gasteiger partial charge in [-0.15, -0.1) is 0 Å². The highest BCUT2D eigenvalue weighted by Gasteiger charge is 2.11. The van der Waals surface area contributed by atoms with E-state index in [0.717, 1.165) is 5.56 Å². The zero-order valence-electron chi connectivity index (χ0n) is 7.12. The van der Waals surface area contributed by atoms with E-state index in [1.165, 1.54) is 0 Å². The first-order valence-electron chi connectivity index (χ1n) is 4.18. The highest BCUT2D eigenvalue weighted by atomic mass is 16.3. The lowest BCUT2D eigenvalue weighted by Crippen LogP contribution is -2.01. The van der Waals surface area contributed by atoms with E-state index in [0.29, 0.717) is 12.0 Å². The predicted molar refractivity (Wildman–Crippen MR) is 45.1 cm³/mol. The molecule has 56 valence electrons. The van der Waals surface area contributed by atoms with Gasteiger partial charge in [0.15, 0.2) is 0 Å². The van der Waals surface area contributed by atoms with Crippen molar-refractivity contribution in [3.05, 3.63) is 41.5 Å². The smallest absolute Gasteiger partial charge is 0.0830 e. The molecule has 1 heteroatoms. The Morgan fingerprint density at radius 2 is 2.27 bits per heavy atom. The number of hydrogen-bond donors (Lipinski definition) is 1. The molecule has 0 spiro atoms. The van der Waals surface area contributed by atoms with E-state index < -0.39 is 6.08 Å². The van der Waals surface area contributed by atoms with E-state index in [1.54, 1.807) is 6.07 Å². The monoisotopic (exact) mass is 147 g/mol. The molecule has 0 heterocycles. The molecule has 0 amide bonds. The van der Waals surface area contributed by atoms with Crippen molar-refractivity contribution >= 4 is 6.08 Å². The van der Waals surface area contributed by atoms with Crippen LogP contribution >= 0.6 is 0 Å². The summed E-state index contributed by atoms with van der Waals surface area (Å²) in [6.45, 7) is 0. The quantitative estimate of drug-likeness (QED) is 0.596. The standard InChI is InChI=1S/C10H10O/c11-10-7-3-5-8-4-1-2-6-9(8)10/h1-6,10-11H,7H2/t10-/m1/s1/i10D. The summed E-state index contributed by atoms with van der Waals surface area (Å²) in [5.74, 6) is 0. The van der Waals surface area contributed by atoms with Gasteiger partial charge in [0.25, 0.3) is 0 Å². The fourth-order valence-corrected chi connectivity index (χ4v) is 1.31. The van der Waals surface area contributed by atoms with Crippen LogP contribution in [-0.2, 0) is 0 Å². The second-order valence-electron chi connectivity index (χ2n) is 2.64. The van der Waals surface area contributed by atoms with Crippen LogP contribution in [0.5, 0.6) is 0 Å². The number of hydrogen-bond acceptors (Lipinski definition) is 1. The predicted octanol–water partition coefficient (Wildman–Crippen LogP) is 2.14. The molecule has 0 aliphatic heterocycles. The summed E-state index contributed by atoms with van der Waals surface area (Å²) < 4.78 is 7.61. The van der Waals surface area contributed by atoms with Crippen molar-refractivity contribution in [2.75, 3.05) is 0 Å². The van der Waals surface area contributed by atoms with E-state index >= 15 is 0 Å². The first-order valence-corrected chi connectivity index (χ1v) is 3.68. The molecule has 0 radical (unpaired) electrons. The molecule has 1 nitrogen and oxygen atoms in total. The molecule has 1 aromatic carbocycles. The normalized spacial score (nSPS) is 29.4. The maximum atomic E-state index is 9.64. The Labute approximate surface area is 67.4 Å². The zero-order valence-corrected chi connectivity index (χ0v) is 6.12. The average Bonchev–Trinajstić information content (AvgIpc) is 2.04. The van der Waals surface area contributed by atoms with Crippen molar-refractivity contribution < 1.29 is 6.48 Å². The fraction of sp³-hybridized carbons (Fsp3) is 0.200. The Kier molecular flexibility index (Phi) is 1.27. The third-order valence-corrected chi connectivity index (χ3v) is 1.88. The number of benzene rings is 1. The van der Waals surface area contributed by atoms with Crippen molar-refractivity contribution in [2.24, 2.45) is 0 Å². The lowest BCUT2D eigenvalue weighted by atomic mass is 9.95. The summed E-state index contributed by atoms with van der Waals surface area (Å²) in [5, 5.41) is 9.64. The average molecular weight is 147 g/mol. The van der Waals surface area contributed by atoms with Crippen molar-refractivity contribution in [3.8, 4) is 0 Å². The highest BCUT2D eigenvalue weighted by Crippen LogP contribution is 2.26. The molecule has 0 fully saturated rings. The Morgan fingerprint density at radius 1 is 1.45 bits per heavy atom. The van der Waals surface area contributed by atoms with E-state index in [1.807, 2.05) is 30.4 Å². The number of aliphatic hydroxyl groups is 1. The van der Waals surface area contributed by atoms with Crippen LogP contribution < -0.4 is 0 Å². The summed E-state index contributed by atoms with van der Waals surface area (Å²) in [7, 11) is 0. The lowest BCUT2D eigenvalue weighted by Gasteiger charge is -2.15.